The van der Waals surface area contributed by atoms with E-state index in [1.54, 1.807) is 0 Å². The van der Waals surface area contributed by atoms with E-state index in [-0.39, 0.29) is 5.91 Å². The summed E-state index contributed by atoms with van der Waals surface area (Å²) in [6.07, 6.45) is 1.04. The number of hydrogen-bond acceptors (Lipinski definition) is 2. The highest BCUT2D eigenvalue weighted by atomic mass is 127. The molecule has 104 valence electrons. The monoisotopic (exact) mass is 436 g/mol. The Morgan fingerprint density at radius 3 is 3.00 bits per heavy atom. The maximum Gasteiger partial charge on any atom is 0.255 e. The molecule has 0 aromatic heterocycles. The zero-order valence-electron chi connectivity index (χ0n) is 10.9. The van der Waals surface area contributed by atoms with Crippen molar-refractivity contribution in [1.82, 2.24) is 4.90 Å². The van der Waals surface area contributed by atoms with Gasteiger partial charge in [0.25, 0.3) is 5.91 Å². The Morgan fingerprint density at radius 2 is 2.32 bits per heavy atom. The molecule has 2 rings (SSSR count). The standard InChI is InChI=1S/C14H18BrIN2O/c1-9-4-5-18(8-10(9)7-17)14(19)12-6-11(16)2-3-13(12)15/h2-3,6,9-10H,4-5,7-8,17H2,1H3. The fourth-order valence-corrected chi connectivity index (χ4v) is 3.38. The summed E-state index contributed by atoms with van der Waals surface area (Å²) < 4.78 is 1.94. The summed E-state index contributed by atoms with van der Waals surface area (Å²) in [7, 11) is 0. The topological polar surface area (TPSA) is 46.3 Å². The number of nitrogens with zero attached hydrogens (tertiary/aromatic N) is 1. The molecule has 2 atom stereocenters. The molecule has 1 saturated heterocycles. The fourth-order valence-electron chi connectivity index (χ4n) is 2.47. The number of amides is 1. The van der Waals surface area contributed by atoms with Crippen molar-refractivity contribution in [3.63, 3.8) is 0 Å². The van der Waals surface area contributed by atoms with Gasteiger partial charge in [-0.2, -0.15) is 0 Å². The van der Waals surface area contributed by atoms with Gasteiger partial charge in [-0.1, -0.05) is 6.92 Å². The van der Waals surface area contributed by atoms with Crippen LogP contribution in [0.2, 0.25) is 0 Å². The third-order valence-electron chi connectivity index (χ3n) is 3.86. The maximum absolute atomic E-state index is 12.6. The lowest BCUT2D eigenvalue weighted by molar-refractivity contribution is 0.0617. The number of likely N-dealkylation sites (tertiary alicyclic amines) is 1. The lowest BCUT2D eigenvalue weighted by atomic mass is 9.87. The minimum absolute atomic E-state index is 0.107. The molecule has 19 heavy (non-hydrogen) atoms. The molecule has 0 spiro atoms. The first-order chi connectivity index (χ1) is 9.02. The quantitative estimate of drug-likeness (QED) is 0.724. The van der Waals surface area contributed by atoms with Crippen LogP contribution in [-0.4, -0.2) is 30.4 Å². The van der Waals surface area contributed by atoms with Gasteiger partial charge in [0, 0.05) is 21.1 Å². The first-order valence-electron chi connectivity index (χ1n) is 6.47. The van der Waals surface area contributed by atoms with Gasteiger partial charge in [0.1, 0.15) is 0 Å². The summed E-state index contributed by atoms with van der Waals surface area (Å²) in [6, 6.07) is 5.85. The Morgan fingerprint density at radius 1 is 1.58 bits per heavy atom. The van der Waals surface area contributed by atoms with Gasteiger partial charge in [-0.25, -0.2) is 0 Å². The molecule has 0 aliphatic carbocycles. The molecule has 3 nitrogen and oxygen atoms in total. The van der Waals surface area contributed by atoms with Crippen molar-refractivity contribution in [2.75, 3.05) is 19.6 Å². The van der Waals surface area contributed by atoms with Gasteiger partial charge in [0.2, 0.25) is 0 Å². The molecular formula is C14H18BrIN2O. The summed E-state index contributed by atoms with van der Waals surface area (Å²) >= 11 is 5.70. The highest BCUT2D eigenvalue weighted by Gasteiger charge is 2.29. The molecule has 2 N–H and O–H groups in total. The number of carbonyl (C=O) groups excluding carboxylic acids is 1. The summed E-state index contributed by atoms with van der Waals surface area (Å²) in [5, 5.41) is 0. The minimum atomic E-state index is 0.107. The molecule has 1 heterocycles. The predicted octanol–water partition coefficient (Wildman–Crippen LogP) is 3.11. The second-order valence-electron chi connectivity index (χ2n) is 5.14. The third-order valence-corrected chi connectivity index (χ3v) is 5.23. The number of benzene rings is 1. The Bertz CT molecular complexity index is 481. The van der Waals surface area contributed by atoms with Crippen molar-refractivity contribution >= 4 is 44.4 Å². The molecule has 1 aliphatic heterocycles. The number of hydrogen-bond donors (Lipinski definition) is 1. The van der Waals surface area contributed by atoms with E-state index in [4.69, 9.17) is 5.73 Å². The van der Waals surface area contributed by atoms with E-state index in [2.05, 4.69) is 45.4 Å². The number of piperidine rings is 1. The second kappa shape index (κ2) is 6.54. The van der Waals surface area contributed by atoms with E-state index in [9.17, 15) is 4.79 Å². The van der Waals surface area contributed by atoms with Gasteiger partial charge < -0.3 is 10.6 Å². The van der Waals surface area contributed by atoms with Gasteiger partial charge in [0.15, 0.2) is 0 Å². The van der Waals surface area contributed by atoms with Crippen molar-refractivity contribution < 1.29 is 4.79 Å². The maximum atomic E-state index is 12.6. The van der Waals surface area contributed by atoms with Crippen molar-refractivity contribution in [2.24, 2.45) is 17.6 Å². The predicted molar refractivity (Wildman–Crippen MR) is 89.1 cm³/mol. The van der Waals surface area contributed by atoms with E-state index in [0.717, 1.165) is 33.1 Å². The summed E-state index contributed by atoms with van der Waals surface area (Å²) in [6.45, 7) is 4.47. The first kappa shape index (κ1) is 15.3. The number of nitrogens with two attached hydrogens (primary N) is 1. The van der Waals surface area contributed by atoms with Gasteiger partial charge in [-0.05, 0) is 81.5 Å². The summed E-state index contributed by atoms with van der Waals surface area (Å²) in [5.41, 5.74) is 6.55. The highest BCUT2D eigenvalue weighted by molar-refractivity contribution is 14.1. The molecule has 0 saturated carbocycles. The van der Waals surface area contributed by atoms with E-state index >= 15 is 0 Å². The second-order valence-corrected chi connectivity index (χ2v) is 7.24. The van der Waals surface area contributed by atoms with E-state index in [1.807, 2.05) is 23.1 Å². The average Bonchev–Trinajstić information content (AvgIpc) is 2.41. The Balaban J connectivity index is 2.18. The summed E-state index contributed by atoms with van der Waals surface area (Å²) in [4.78, 5) is 14.5. The molecule has 1 amide bonds. The Hall–Kier alpha value is -0.140. The molecule has 1 aliphatic rings. The van der Waals surface area contributed by atoms with Gasteiger partial charge in [0.05, 0.1) is 5.56 Å². The van der Waals surface area contributed by atoms with Crippen LogP contribution < -0.4 is 5.73 Å². The molecular weight excluding hydrogens is 419 g/mol. The van der Waals surface area contributed by atoms with Crippen molar-refractivity contribution in [3.05, 3.63) is 31.8 Å². The van der Waals surface area contributed by atoms with Crippen LogP contribution in [0.5, 0.6) is 0 Å². The summed E-state index contributed by atoms with van der Waals surface area (Å²) in [5.74, 6) is 1.13. The van der Waals surface area contributed by atoms with Crippen molar-refractivity contribution in [2.45, 2.75) is 13.3 Å². The molecule has 1 aromatic carbocycles. The van der Waals surface area contributed by atoms with Crippen LogP contribution in [0.4, 0.5) is 0 Å². The Labute approximate surface area is 136 Å². The van der Waals surface area contributed by atoms with Gasteiger partial charge >= 0.3 is 0 Å². The SMILES string of the molecule is CC1CCN(C(=O)c2cc(I)ccc2Br)CC1CN. The van der Waals surface area contributed by atoms with Crippen LogP contribution in [-0.2, 0) is 0 Å². The van der Waals surface area contributed by atoms with Crippen LogP contribution in [0, 0.1) is 15.4 Å². The Kier molecular flexibility index (Phi) is 5.25. The molecule has 1 fully saturated rings. The largest absolute Gasteiger partial charge is 0.338 e. The smallest absolute Gasteiger partial charge is 0.255 e. The van der Waals surface area contributed by atoms with Crippen LogP contribution in [0.15, 0.2) is 22.7 Å². The van der Waals surface area contributed by atoms with E-state index < -0.39 is 0 Å². The molecule has 0 radical (unpaired) electrons. The molecule has 0 bridgehead atoms. The van der Waals surface area contributed by atoms with Crippen molar-refractivity contribution in [3.8, 4) is 0 Å². The lowest BCUT2D eigenvalue weighted by Crippen LogP contribution is -2.45. The lowest BCUT2D eigenvalue weighted by Gasteiger charge is -2.36. The minimum Gasteiger partial charge on any atom is -0.338 e. The van der Waals surface area contributed by atoms with Crippen molar-refractivity contribution in [1.29, 1.82) is 0 Å². The number of rotatable bonds is 2. The van der Waals surface area contributed by atoms with E-state index in [0.29, 0.717) is 18.4 Å². The average molecular weight is 437 g/mol. The van der Waals surface area contributed by atoms with Crippen LogP contribution in [0.25, 0.3) is 0 Å². The van der Waals surface area contributed by atoms with Crippen LogP contribution >= 0.6 is 38.5 Å². The third kappa shape index (κ3) is 3.49. The van der Waals surface area contributed by atoms with Crippen LogP contribution in [0.1, 0.15) is 23.7 Å². The molecule has 5 heteroatoms. The van der Waals surface area contributed by atoms with Crippen LogP contribution in [0.3, 0.4) is 0 Å². The number of halogens is 2. The van der Waals surface area contributed by atoms with Gasteiger partial charge in [-0.3, -0.25) is 4.79 Å². The highest BCUT2D eigenvalue weighted by Crippen LogP contribution is 2.26. The zero-order valence-corrected chi connectivity index (χ0v) is 14.6. The van der Waals surface area contributed by atoms with Gasteiger partial charge in [-0.15, -0.1) is 0 Å². The molecule has 1 aromatic rings. The van der Waals surface area contributed by atoms with E-state index in [1.165, 1.54) is 0 Å². The first-order valence-corrected chi connectivity index (χ1v) is 8.34. The fraction of sp³-hybridized carbons (Fsp3) is 0.500. The number of carbonyl (C=O) groups is 1. The zero-order chi connectivity index (χ0) is 14.0. The normalized spacial score (nSPS) is 23.5. The molecule has 2 unspecified atom stereocenters.